The number of nitrogens with one attached hydrogen (secondary N) is 1. The maximum atomic E-state index is 5.72. The van der Waals surface area contributed by atoms with Crippen molar-refractivity contribution in [3.8, 4) is 0 Å². The van der Waals surface area contributed by atoms with Crippen molar-refractivity contribution in [3.63, 3.8) is 0 Å². The van der Waals surface area contributed by atoms with Crippen LogP contribution in [0.3, 0.4) is 0 Å². The third kappa shape index (κ3) is 4.97. The van der Waals surface area contributed by atoms with Crippen LogP contribution in [0.1, 0.15) is 43.9 Å². The second-order valence-corrected chi connectivity index (χ2v) is 5.05. The normalized spacial score (nSPS) is 19.7. The van der Waals surface area contributed by atoms with Crippen LogP contribution >= 0.6 is 0 Å². The van der Waals surface area contributed by atoms with E-state index in [2.05, 4.69) is 12.2 Å². The van der Waals surface area contributed by atoms with Crippen molar-refractivity contribution in [1.29, 1.82) is 0 Å². The summed E-state index contributed by atoms with van der Waals surface area (Å²) < 4.78 is 16.8. The van der Waals surface area contributed by atoms with Gasteiger partial charge in [0.1, 0.15) is 12.4 Å². The Balaban J connectivity index is 1.68. The maximum Gasteiger partial charge on any atom is 0.133 e. The minimum Gasteiger partial charge on any atom is -0.467 e. The molecular weight excluding hydrogens is 242 g/mol. The molecule has 1 aromatic rings. The predicted molar refractivity (Wildman–Crippen MR) is 74.0 cm³/mol. The summed E-state index contributed by atoms with van der Waals surface area (Å²) in [7, 11) is 0. The van der Waals surface area contributed by atoms with E-state index in [-0.39, 0.29) is 6.10 Å². The van der Waals surface area contributed by atoms with Gasteiger partial charge in [-0.1, -0.05) is 6.92 Å². The summed E-state index contributed by atoms with van der Waals surface area (Å²) in [5.41, 5.74) is 1.19. The van der Waals surface area contributed by atoms with Crippen LogP contribution in [0.4, 0.5) is 0 Å². The fraction of sp³-hybridized carbons (Fsp3) is 0.733. The number of furan rings is 1. The van der Waals surface area contributed by atoms with Crippen molar-refractivity contribution < 1.29 is 13.9 Å². The van der Waals surface area contributed by atoms with Crippen LogP contribution in [0.2, 0.25) is 0 Å². The molecule has 0 saturated carbocycles. The Labute approximate surface area is 115 Å². The Bertz CT molecular complexity index is 345. The minimum atomic E-state index is 0.269. The first-order valence-electron chi connectivity index (χ1n) is 7.35. The molecule has 2 heterocycles. The van der Waals surface area contributed by atoms with Crippen molar-refractivity contribution >= 4 is 0 Å². The minimum absolute atomic E-state index is 0.269. The molecule has 4 heteroatoms. The van der Waals surface area contributed by atoms with Crippen LogP contribution in [-0.4, -0.2) is 25.9 Å². The van der Waals surface area contributed by atoms with Crippen molar-refractivity contribution in [2.75, 3.05) is 19.8 Å². The Morgan fingerprint density at radius 1 is 1.42 bits per heavy atom. The lowest BCUT2D eigenvalue weighted by atomic mass is 10.1. The SMILES string of the molecule is CCCNCc1ccoc1COCC1CCCCO1. The maximum absolute atomic E-state index is 5.72. The Morgan fingerprint density at radius 2 is 2.37 bits per heavy atom. The van der Waals surface area contributed by atoms with Gasteiger partial charge in [0.25, 0.3) is 0 Å². The lowest BCUT2D eigenvalue weighted by molar-refractivity contribution is -0.0473. The van der Waals surface area contributed by atoms with E-state index in [0.717, 1.165) is 38.3 Å². The molecule has 1 N–H and O–H groups in total. The van der Waals surface area contributed by atoms with Crippen molar-refractivity contribution in [2.45, 2.75) is 51.9 Å². The van der Waals surface area contributed by atoms with Crippen LogP contribution in [0, 0.1) is 0 Å². The second-order valence-electron chi connectivity index (χ2n) is 5.05. The Kier molecular flexibility index (Phi) is 6.41. The van der Waals surface area contributed by atoms with Gasteiger partial charge in [-0.3, -0.25) is 0 Å². The molecule has 108 valence electrons. The summed E-state index contributed by atoms with van der Waals surface area (Å²) >= 11 is 0. The van der Waals surface area contributed by atoms with Crippen LogP contribution in [-0.2, 0) is 22.6 Å². The summed E-state index contributed by atoms with van der Waals surface area (Å²) in [5, 5.41) is 3.38. The van der Waals surface area contributed by atoms with Gasteiger partial charge in [0, 0.05) is 18.7 Å². The molecule has 1 fully saturated rings. The smallest absolute Gasteiger partial charge is 0.133 e. The van der Waals surface area contributed by atoms with Gasteiger partial charge in [-0.2, -0.15) is 0 Å². The van der Waals surface area contributed by atoms with E-state index < -0.39 is 0 Å². The van der Waals surface area contributed by atoms with Gasteiger partial charge < -0.3 is 19.2 Å². The average molecular weight is 267 g/mol. The molecule has 0 aliphatic carbocycles. The number of ether oxygens (including phenoxy) is 2. The zero-order chi connectivity index (χ0) is 13.3. The molecular formula is C15H25NO3. The van der Waals surface area contributed by atoms with Crippen molar-refractivity contribution in [1.82, 2.24) is 5.32 Å². The summed E-state index contributed by atoms with van der Waals surface area (Å²) in [6, 6.07) is 2.01. The van der Waals surface area contributed by atoms with Gasteiger partial charge in [0.05, 0.1) is 19.0 Å². The molecule has 1 aliphatic heterocycles. The monoisotopic (exact) mass is 267 g/mol. The molecule has 0 spiro atoms. The van der Waals surface area contributed by atoms with Crippen LogP contribution < -0.4 is 5.32 Å². The van der Waals surface area contributed by atoms with Gasteiger partial charge in [0.2, 0.25) is 0 Å². The molecule has 2 rings (SSSR count). The van der Waals surface area contributed by atoms with Crippen molar-refractivity contribution in [3.05, 3.63) is 23.7 Å². The van der Waals surface area contributed by atoms with E-state index >= 15 is 0 Å². The summed E-state index contributed by atoms with van der Waals surface area (Å²) in [6.07, 6.45) is 6.69. The zero-order valence-electron chi connectivity index (χ0n) is 11.8. The van der Waals surface area contributed by atoms with Crippen molar-refractivity contribution in [2.24, 2.45) is 0 Å². The molecule has 0 radical (unpaired) electrons. The third-order valence-electron chi connectivity index (χ3n) is 3.39. The average Bonchev–Trinajstić information content (AvgIpc) is 2.88. The molecule has 1 aliphatic rings. The topological polar surface area (TPSA) is 43.6 Å². The molecule has 1 atom stereocenters. The fourth-order valence-electron chi connectivity index (χ4n) is 2.27. The van der Waals surface area contributed by atoms with E-state index in [1.807, 2.05) is 6.07 Å². The second kappa shape index (κ2) is 8.35. The number of rotatable bonds is 8. The van der Waals surface area contributed by atoms with Gasteiger partial charge in [-0.05, 0) is 38.3 Å². The summed E-state index contributed by atoms with van der Waals surface area (Å²) in [4.78, 5) is 0. The Morgan fingerprint density at radius 3 is 3.16 bits per heavy atom. The molecule has 0 amide bonds. The first-order valence-corrected chi connectivity index (χ1v) is 7.35. The molecule has 19 heavy (non-hydrogen) atoms. The molecule has 1 aromatic heterocycles. The molecule has 0 bridgehead atoms. The fourth-order valence-corrected chi connectivity index (χ4v) is 2.27. The first kappa shape index (κ1) is 14.6. The lowest BCUT2D eigenvalue weighted by Gasteiger charge is -2.22. The highest BCUT2D eigenvalue weighted by Crippen LogP contribution is 2.15. The van der Waals surface area contributed by atoms with E-state index in [0.29, 0.717) is 13.2 Å². The Hall–Kier alpha value is -0.840. The summed E-state index contributed by atoms with van der Waals surface area (Å²) in [5.74, 6) is 0.930. The number of hydrogen-bond acceptors (Lipinski definition) is 4. The van der Waals surface area contributed by atoms with E-state index in [9.17, 15) is 0 Å². The number of hydrogen-bond donors (Lipinski definition) is 1. The van der Waals surface area contributed by atoms with E-state index in [1.165, 1.54) is 18.4 Å². The molecule has 1 unspecified atom stereocenters. The lowest BCUT2D eigenvalue weighted by Crippen LogP contribution is -2.24. The van der Waals surface area contributed by atoms with Gasteiger partial charge in [0.15, 0.2) is 0 Å². The van der Waals surface area contributed by atoms with Gasteiger partial charge in [-0.15, -0.1) is 0 Å². The third-order valence-corrected chi connectivity index (χ3v) is 3.39. The van der Waals surface area contributed by atoms with Crippen LogP contribution in [0.15, 0.2) is 16.7 Å². The highest BCUT2D eigenvalue weighted by Gasteiger charge is 2.14. The molecule has 4 nitrogen and oxygen atoms in total. The largest absolute Gasteiger partial charge is 0.467 e. The zero-order valence-corrected chi connectivity index (χ0v) is 11.8. The van der Waals surface area contributed by atoms with E-state index in [1.54, 1.807) is 6.26 Å². The van der Waals surface area contributed by atoms with E-state index in [4.69, 9.17) is 13.9 Å². The predicted octanol–water partition coefficient (Wildman–Crippen LogP) is 2.86. The molecule has 1 saturated heterocycles. The van der Waals surface area contributed by atoms with Crippen LogP contribution in [0.25, 0.3) is 0 Å². The summed E-state index contributed by atoms with van der Waals surface area (Å²) in [6.45, 7) is 6.13. The highest BCUT2D eigenvalue weighted by molar-refractivity contribution is 5.16. The van der Waals surface area contributed by atoms with Crippen LogP contribution in [0.5, 0.6) is 0 Å². The highest BCUT2D eigenvalue weighted by atomic mass is 16.5. The van der Waals surface area contributed by atoms with Gasteiger partial charge in [-0.25, -0.2) is 0 Å². The van der Waals surface area contributed by atoms with Gasteiger partial charge >= 0.3 is 0 Å². The molecule has 0 aromatic carbocycles. The standard InChI is InChI=1S/C15H25NO3/c1-2-7-16-10-13-6-9-19-15(13)12-17-11-14-5-3-4-8-18-14/h6,9,14,16H,2-5,7-8,10-12H2,1H3. The quantitative estimate of drug-likeness (QED) is 0.736. The first-order chi connectivity index (χ1) is 9.40.